The van der Waals surface area contributed by atoms with Gasteiger partial charge in [0, 0.05) is 11.9 Å². The maximum absolute atomic E-state index is 12.6. The fourth-order valence-electron chi connectivity index (χ4n) is 2.15. The predicted octanol–water partition coefficient (Wildman–Crippen LogP) is 3.12. The van der Waals surface area contributed by atoms with Crippen LogP contribution in [0.25, 0.3) is 0 Å². The van der Waals surface area contributed by atoms with Crippen LogP contribution in [0.1, 0.15) is 17.3 Å². The molecule has 1 N–H and O–H groups in total. The maximum Gasteiger partial charge on any atom is 0.338 e. The van der Waals surface area contributed by atoms with E-state index in [2.05, 4.69) is 5.32 Å². The van der Waals surface area contributed by atoms with Crippen LogP contribution in [-0.4, -0.2) is 28.1 Å². The minimum absolute atomic E-state index is 0.0295. The summed E-state index contributed by atoms with van der Waals surface area (Å²) in [5, 5.41) is 12.0. The van der Waals surface area contributed by atoms with E-state index in [0.717, 1.165) is 6.20 Å². The fraction of sp³-hybridized carbons (Fsp3) is 0.158. The maximum atomic E-state index is 12.6. The van der Waals surface area contributed by atoms with Gasteiger partial charge in [-0.2, -0.15) is 5.26 Å². The van der Waals surface area contributed by atoms with Gasteiger partial charge in [0.1, 0.15) is 11.8 Å². The number of anilines is 1. The summed E-state index contributed by atoms with van der Waals surface area (Å²) >= 11 is 0. The number of sulfone groups is 1. The van der Waals surface area contributed by atoms with E-state index in [-0.39, 0.29) is 11.5 Å². The Morgan fingerprint density at radius 1 is 1.22 bits per heavy atom. The molecule has 0 fully saturated rings. The van der Waals surface area contributed by atoms with Gasteiger partial charge in [0.25, 0.3) is 0 Å². The fourth-order valence-corrected chi connectivity index (χ4v) is 3.23. The Morgan fingerprint density at radius 2 is 1.93 bits per heavy atom. The van der Waals surface area contributed by atoms with Crippen LogP contribution in [0.5, 0.6) is 5.75 Å². The van der Waals surface area contributed by atoms with Gasteiger partial charge in [-0.15, -0.1) is 0 Å². The van der Waals surface area contributed by atoms with E-state index in [1.54, 1.807) is 31.2 Å². The Bertz CT molecular complexity index is 990. The molecule has 0 saturated heterocycles. The molecular weight excluding hydrogens is 368 g/mol. The number of carbonyl (C=O) groups is 1. The molecule has 0 heterocycles. The highest BCUT2D eigenvalue weighted by Crippen LogP contribution is 2.22. The van der Waals surface area contributed by atoms with Gasteiger partial charge in [0.2, 0.25) is 9.84 Å². The zero-order valence-electron chi connectivity index (χ0n) is 14.8. The molecule has 27 heavy (non-hydrogen) atoms. The summed E-state index contributed by atoms with van der Waals surface area (Å²) in [6, 6.07) is 13.7. The molecule has 2 aromatic carbocycles. The molecule has 0 saturated carbocycles. The minimum atomic E-state index is -3.99. The standard InChI is InChI=1S/C19H18N2O5S/c1-3-26-19(22)14-5-4-6-15(11-14)21-13-18(12-20)27(23,24)17-9-7-16(25-2)8-10-17/h4-11,13,21H,3H2,1-2H3/b18-13+. The Kier molecular flexibility index (Phi) is 6.57. The SMILES string of the molecule is CCOC(=O)c1cccc(N/C=C(\C#N)S(=O)(=O)c2ccc(OC)cc2)c1. The van der Waals surface area contributed by atoms with Crippen LogP contribution < -0.4 is 10.1 Å². The topological polar surface area (TPSA) is 105 Å². The average Bonchev–Trinajstić information content (AvgIpc) is 2.68. The first-order chi connectivity index (χ1) is 12.9. The number of nitriles is 1. The van der Waals surface area contributed by atoms with Crippen LogP contribution in [0.2, 0.25) is 0 Å². The number of methoxy groups -OCH3 is 1. The van der Waals surface area contributed by atoms with Crippen molar-refractivity contribution in [3.05, 3.63) is 65.2 Å². The zero-order valence-corrected chi connectivity index (χ0v) is 15.6. The first kappa shape index (κ1) is 20.0. The molecule has 0 unspecified atom stereocenters. The van der Waals surface area contributed by atoms with Crippen LogP contribution in [-0.2, 0) is 14.6 Å². The summed E-state index contributed by atoms with van der Waals surface area (Å²) in [4.78, 5) is 11.3. The highest BCUT2D eigenvalue weighted by molar-refractivity contribution is 7.95. The molecule has 0 aliphatic rings. The highest BCUT2D eigenvalue weighted by Gasteiger charge is 2.21. The lowest BCUT2D eigenvalue weighted by Crippen LogP contribution is -2.07. The first-order valence-corrected chi connectivity index (χ1v) is 9.43. The summed E-state index contributed by atoms with van der Waals surface area (Å²) in [7, 11) is -2.52. The number of ether oxygens (including phenoxy) is 2. The molecule has 0 spiro atoms. The number of hydrogen-bond donors (Lipinski definition) is 1. The Morgan fingerprint density at radius 3 is 2.52 bits per heavy atom. The van der Waals surface area contributed by atoms with Crippen LogP contribution in [0.3, 0.4) is 0 Å². The Hall–Kier alpha value is -3.31. The minimum Gasteiger partial charge on any atom is -0.497 e. The van der Waals surface area contributed by atoms with Crippen LogP contribution in [0, 0.1) is 11.3 Å². The number of nitrogens with zero attached hydrogens (tertiary/aromatic N) is 1. The number of hydrogen-bond acceptors (Lipinski definition) is 7. The highest BCUT2D eigenvalue weighted by atomic mass is 32.2. The molecule has 7 nitrogen and oxygen atoms in total. The molecule has 0 aliphatic carbocycles. The van der Waals surface area contributed by atoms with Crippen LogP contribution >= 0.6 is 0 Å². The van der Waals surface area contributed by atoms with Gasteiger partial charge in [0.05, 0.1) is 24.2 Å². The van der Waals surface area contributed by atoms with E-state index in [0.29, 0.717) is 17.0 Å². The van der Waals surface area contributed by atoms with Crippen molar-refractivity contribution in [2.24, 2.45) is 0 Å². The number of allylic oxidation sites excluding steroid dienone is 1. The molecule has 0 bridgehead atoms. The number of carbonyl (C=O) groups excluding carboxylic acids is 1. The van der Waals surface area contributed by atoms with Crippen molar-refractivity contribution in [2.45, 2.75) is 11.8 Å². The molecule has 8 heteroatoms. The average molecular weight is 386 g/mol. The normalized spacial score (nSPS) is 11.4. The van der Waals surface area contributed by atoms with Gasteiger partial charge < -0.3 is 14.8 Å². The number of nitrogens with one attached hydrogen (secondary N) is 1. The van der Waals surface area contributed by atoms with E-state index in [4.69, 9.17) is 9.47 Å². The van der Waals surface area contributed by atoms with E-state index in [1.165, 1.54) is 37.4 Å². The number of benzene rings is 2. The second kappa shape index (κ2) is 8.87. The van der Waals surface area contributed by atoms with Gasteiger partial charge in [-0.25, -0.2) is 13.2 Å². The Balaban J connectivity index is 2.27. The Labute approximate surface area is 157 Å². The lowest BCUT2D eigenvalue weighted by atomic mass is 10.2. The quantitative estimate of drug-likeness (QED) is 0.575. The summed E-state index contributed by atoms with van der Waals surface area (Å²) in [6.07, 6.45) is 1.09. The third kappa shape index (κ3) is 4.86. The van der Waals surface area contributed by atoms with E-state index < -0.39 is 20.7 Å². The molecule has 2 rings (SSSR count). The van der Waals surface area contributed by atoms with Gasteiger partial charge in [-0.05, 0) is 49.4 Å². The summed E-state index contributed by atoms with van der Waals surface area (Å²) < 4.78 is 35.1. The molecular formula is C19H18N2O5S. The third-order valence-electron chi connectivity index (χ3n) is 3.51. The van der Waals surface area contributed by atoms with E-state index in [1.807, 2.05) is 0 Å². The van der Waals surface area contributed by atoms with Gasteiger partial charge in [-0.1, -0.05) is 6.07 Å². The summed E-state index contributed by atoms with van der Waals surface area (Å²) in [6.45, 7) is 1.95. The monoisotopic (exact) mass is 386 g/mol. The lowest BCUT2D eigenvalue weighted by molar-refractivity contribution is 0.0526. The van der Waals surface area contributed by atoms with Crippen molar-refractivity contribution >= 4 is 21.5 Å². The van der Waals surface area contributed by atoms with E-state index >= 15 is 0 Å². The first-order valence-electron chi connectivity index (χ1n) is 7.95. The van der Waals surface area contributed by atoms with Crippen LogP contribution in [0.4, 0.5) is 5.69 Å². The second-order valence-corrected chi connectivity index (χ2v) is 7.16. The van der Waals surface area contributed by atoms with Crippen molar-refractivity contribution in [1.82, 2.24) is 0 Å². The molecule has 140 valence electrons. The van der Waals surface area contributed by atoms with Gasteiger partial charge >= 0.3 is 5.97 Å². The van der Waals surface area contributed by atoms with Crippen molar-refractivity contribution in [1.29, 1.82) is 5.26 Å². The lowest BCUT2D eigenvalue weighted by Gasteiger charge is -2.07. The predicted molar refractivity (Wildman–Crippen MR) is 99.9 cm³/mol. The van der Waals surface area contributed by atoms with Gasteiger partial charge in [0.15, 0.2) is 4.91 Å². The van der Waals surface area contributed by atoms with E-state index in [9.17, 15) is 18.5 Å². The van der Waals surface area contributed by atoms with Crippen molar-refractivity contribution < 1.29 is 22.7 Å². The van der Waals surface area contributed by atoms with Crippen molar-refractivity contribution in [3.63, 3.8) is 0 Å². The number of esters is 1. The van der Waals surface area contributed by atoms with Crippen molar-refractivity contribution in [2.75, 3.05) is 19.0 Å². The summed E-state index contributed by atoms with van der Waals surface area (Å²) in [5.74, 6) is 0.0156. The third-order valence-corrected chi connectivity index (χ3v) is 5.19. The summed E-state index contributed by atoms with van der Waals surface area (Å²) in [5.41, 5.74) is 0.755. The molecule has 2 aromatic rings. The molecule has 0 aromatic heterocycles. The van der Waals surface area contributed by atoms with Crippen LogP contribution in [0.15, 0.2) is 64.5 Å². The smallest absolute Gasteiger partial charge is 0.338 e. The van der Waals surface area contributed by atoms with Gasteiger partial charge in [-0.3, -0.25) is 0 Å². The molecule has 0 radical (unpaired) electrons. The second-order valence-electron chi connectivity index (χ2n) is 5.24. The number of rotatable bonds is 7. The zero-order chi connectivity index (χ0) is 19.9. The largest absolute Gasteiger partial charge is 0.497 e. The van der Waals surface area contributed by atoms with Crippen molar-refractivity contribution in [3.8, 4) is 11.8 Å². The molecule has 0 atom stereocenters. The molecule has 0 aliphatic heterocycles. The molecule has 0 amide bonds.